The molecule has 0 aliphatic heterocycles. The van der Waals surface area contributed by atoms with E-state index in [4.69, 9.17) is 4.42 Å². The van der Waals surface area contributed by atoms with Crippen molar-refractivity contribution >= 4 is 33.7 Å². The average molecular weight is 375 g/mol. The topological polar surface area (TPSA) is 77.1 Å². The Labute approximate surface area is 161 Å². The first-order valence-corrected chi connectivity index (χ1v) is 9.41. The molecule has 6 heteroatoms. The quantitative estimate of drug-likeness (QED) is 0.550. The molecule has 0 radical (unpaired) electrons. The van der Waals surface area contributed by atoms with Gasteiger partial charge in [-0.2, -0.15) is 0 Å². The van der Waals surface area contributed by atoms with Crippen molar-refractivity contribution in [3.63, 3.8) is 0 Å². The molecule has 0 bridgehead atoms. The van der Waals surface area contributed by atoms with Crippen LogP contribution in [0.1, 0.15) is 25.3 Å². The highest BCUT2D eigenvalue weighted by Crippen LogP contribution is 2.24. The molecular weight excluding hydrogens is 354 g/mol. The third kappa shape index (κ3) is 3.53. The standard InChI is InChI=1S/C22H21N3O3/c1-2-3-6-15-9-11-16(12-10-15)24-19(26)13-25-14-23-20-17-7-4-5-8-18(17)28-21(20)22(25)27/h4-5,7-12,14H,2-3,6,13H2,1H3,(H,24,26). The van der Waals surface area contributed by atoms with Crippen LogP contribution in [-0.4, -0.2) is 15.5 Å². The van der Waals surface area contributed by atoms with Gasteiger partial charge in [0.2, 0.25) is 11.5 Å². The van der Waals surface area contributed by atoms with E-state index < -0.39 is 0 Å². The summed E-state index contributed by atoms with van der Waals surface area (Å²) < 4.78 is 6.90. The van der Waals surface area contributed by atoms with Crippen LogP contribution >= 0.6 is 0 Å². The van der Waals surface area contributed by atoms with Crippen molar-refractivity contribution in [2.45, 2.75) is 32.7 Å². The average Bonchev–Trinajstić information content (AvgIpc) is 3.09. The zero-order valence-corrected chi connectivity index (χ0v) is 15.6. The van der Waals surface area contributed by atoms with Crippen LogP contribution in [0.2, 0.25) is 0 Å². The van der Waals surface area contributed by atoms with Crippen molar-refractivity contribution in [2.24, 2.45) is 0 Å². The van der Waals surface area contributed by atoms with Gasteiger partial charge in [0.1, 0.15) is 17.6 Å². The summed E-state index contributed by atoms with van der Waals surface area (Å²) in [6.45, 7) is 2.03. The lowest BCUT2D eigenvalue weighted by Crippen LogP contribution is -2.27. The molecule has 0 saturated carbocycles. The number of hydrogen-bond donors (Lipinski definition) is 1. The number of aromatic nitrogens is 2. The largest absolute Gasteiger partial charge is 0.448 e. The number of rotatable bonds is 6. The molecule has 28 heavy (non-hydrogen) atoms. The highest BCUT2D eigenvalue weighted by molar-refractivity contribution is 6.01. The summed E-state index contributed by atoms with van der Waals surface area (Å²) in [6.07, 6.45) is 4.71. The van der Waals surface area contributed by atoms with E-state index in [-0.39, 0.29) is 23.6 Å². The Morgan fingerprint density at radius 2 is 1.93 bits per heavy atom. The number of furan rings is 1. The molecule has 0 unspecified atom stereocenters. The van der Waals surface area contributed by atoms with Gasteiger partial charge in [0.25, 0.3) is 5.56 Å². The van der Waals surface area contributed by atoms with E-state index in [9.17, 15) is 9.59 Å². The number of nitrogens with one attached hydrogen (secondary N) is 1. The monoisotopic (exact) mass is 375 g/mol. The van der Waals surface area contributed by atoms with E-state index in [2.05, 4.69) is 17.2 Å². The van der Waals surface area contributed by atoms with Gasteiger partial charge in [-0.1, -0.05) is 37.6 Å². The number of benzene rings is 2. The number of para-hydroxylation sites is 1. The first kappa shape index (κ1) is 18.0. The third-order valence-electron chi connectivity index (χ3n) is 4.72. The SMILES string of the molecule is CCCCc1ccc(NC(=O)Cn2cnc3c(oc4ccccc43)c2=O)cc1. The second kappa shape index (κ2) is 7.68. The van der Waals surface area contributed by atoms with Crippen molar-refractivity contribution in [3.8, 4) is 0 Å². The number of hydrogen-bond acceptors (Lipinski definition) is 4. The maximum Gasteiger partial charge on any atom is 0.297 e. The van der Waals surface area contributed by atoms with Gasteiger partial charge in [-0.25, -0.2) is 4.98 Å². The van der Waals surface area contributed by atoms with Crippen LogP contribution in [0.4, 0.5) is 5.69 Å². The minimum Gasteiger partial charge on any atom is -0.448 e. The predicted octanol–water partition coefficient (Wildman–Crippen LogP) is 4.12. The summed E-state index contributed by atoms with van der Waals surface area (Å²) in [7, 11) is 0. The summed E-state index contributed by atoms with van der Waals surface area (Å²) in [5, 5.41) is 3.60. The van der Waals surface area contributed by atoms with Gasteiger partial charge in [-0.3, -0.25) is 14.2 Å². The Kier molecular flexibility index (Phi) is 4.93. The van der Waals surface area contributed by atoms with Crippen molar-refractivity contribution in [3.05, 3.63) is 70.8 Å². The van der Waals surface area contributed by atoms with Gasteiger partial charge in [0.05, 0.1) is 6.33 Å². The van der Waals surface area contributed by atoms with Crippen molar-refractivity contribution < 1.29 is 9.21 Å². The number of aryl methyl sites for hydroxylation is 1. The predicted molar refractivity (Wildman–Crippen MR) is 109 cm³/mol. The fourth-order valence-corrected chi connectivity index (χ4v) is 3.22. The van der Waals surface area contributed by atoms with Crippen molar-refractivity contribution in [2.75, 3.05) is 5.32 Å². The normalized spacial score (nSPS) is 11.2. The molecule has 0 aliphatic rings. The second-order valence-corrected chi connectivity index (χ2v) is 6.80. The molecule has 0 atom stereocenters. The Balaban J connectivity index is 1.51. The number of unbranched alkanes of at least 4 members (excludes halogenated alkanes) is 1. The fraction of sp³-hybridized carbons (Fsp3) is 0.227. The summed E-state index contributed by atoms with van der Waals surface area (Å²) >= 11 is 0. The molecular formula is C22H21N3O3. The number of nitrogens with zero attached hydrogens (tertiary/aromatic N) is 2. The van der Waals surface area contributed by atoms with Gasteiger partial charge < -0.3 is 9.73 Å². The second-order valence-electron chi connectivity index (χ2n) is 6.80. The Morgan fingerprint density at radius 1 is 1.14 bits per heavy atom. The van der Waals surface area contributed by atoms with Gasteiger partial charge in [-0.05, 0) is 42.7 Å². The number of carbonyl (C=O) groups is 1. The van der Waals surface area contributed by atoms with E-state index in [1.54, 1.807) is 6.07 Å². The molecule has 2 heterocycles. The summed E-state index contributed by atoms with van der Waals surface area (Å²) in [5.74, 6) is -0.291. The summed E-state index contributed by atoms with van der Waals surface area (Å²) in [4.78, 5) is 29.4. The molecule has 0 spiro atoms. The molecule has 2 aromatic heterocycles. The Morgan fingerprint density at radius 3 is 2.71 bits per heavy atom. The van der Waals surface area contributed by atoms with Crippen molar-refractivity contribution in [1.82, 2.24) is 9.55 Å². The van der Waals surface area contributed by atoms with Crippen molar-refractivity contribution in [1.29, 1.82) is 0 Å². The molecule has 0 fully saturated rings. The highest BCUT2D eigenvalue weighted by Gasteiger charge is 2.14. The van der Waals surface area contributed by atoms with E-state index in [1.807, 2.05) is 42.5 Å². The molecule has 4 rings (SSSR count). The first-order valence-electron chi connectivity index (χ1n) is 9.41. The van der Waals surface area contributed by atoms with Crippen LogP contribution in [0.3, 0.4) is 0 Å². The zero-order valence-electron chi connectivity index (χ0n) is 15.6. The third-order valence-corrected chi connectivity index (χ3v) is 4.72. The number of carbonyl (C=O) groups excluding carboxylic acids is 1. The van der Waals surface area contributed by atoms with E-state index in [1.165, 1.54) is 16.5 Å². The molecule has 2 aromatic carbocycles. The molecule has 0 saturated heterocycles. The van der Waals surface area contributed by atoms with Gasteiger partial charge >= 0.3 is 0 Å². The molecule has 1 amide bonds. The minimum absolute atomic E-state index is 0.129. The number of anilines is 1. The van der Waals surface area contributed by atoms with E-state index >= 15 is 0 Å². The molecule has 6 nitrogen and oxygen atoms in total. The van der Waals surface area contributed by atoms with Gasteiger partial charge in [0.15, 0.2) is 0 Å². The molecule has 4 aromatic rings. The fourth-order valence-electron chi connectivity index (χ4n) is 3.22. The zero-order chi connectivity index (χ0) is 19.5. The van der Waals surface area contributed by atoms with Gasteiger partial charge in [-0.15, -0.1) is 0 Å². The van der Waals surface area contributed by atoms with Crippen LogP contribution in [0, 0.1) is 0 Å². The minimum atomic E-state index is -0.369. The van der Waals surface area contributed by atoms with E-state index in [0.29, 0.717) is 16.8 Å². The lowest BCUT2D eigenvalue weighted by Gasteiger charge is -2.08. The maximum atomic E-state index is 12.7. The van der Waals surface area contributed by atoms with Crippen LogP contribution in [0.25, 0.3) is 22.1 Å². The number of amides is 1. The Hall–Kier alpha value is -3.41. The molecule has 0 aliphatic carbocycles. The Bertz CT molecular complexity index is 1190. The van der Waals surface area contributed by atoms with Crippen LogP contribution in [0.5, 0.6) is 0 Å². The summed E-state index contributed by atoms with van der Waals surface area (Å²) in [5.41, 5.74) is 2.86. The van der Waals surface area contributed by atoms with E-state index in [0.717, 1.165) is 24.6 Å². The van der Waals surface area contributed by atoms with Crippen LogP contribution in [0.15, 0.2) is 64.1 Å². The molecule has 142 valence electrons. The van der Waals surface area contributed by atoms with Crippen LogP contribution in [-0.2, 0) is 17.8 Å². The maximum absolute atomic E-state index is 12.7. The van der Waals surface area contributed by atoms with Gasteiger partial charge in [0, 0.05) is 11.1 Å². The first-order chi connectivity index (χ1) is 13.7. The lowest BCUT2D eigenvalue weighted by atomic mass is 10.1. The lowest BCUT2D eigenvalue weighted by molar-refractivity contribution is -0.116. The summed E-state index contributed by atoms with van der Waals surface area (Å²) in [6, 6.07) is 15.1. The smallest absolute Gasteiger partial charge is 0.297 e. The van der Waals surface area contributed by atoms with Crippen LogP contribution < -0.4 is 10.9 Å². The molecule has 1 N–H and O–H groups in total. The highest BCUT2D eigenvalue weighted by atomic mass is 16.3. The number of fused-ring (bicyclic) bond motifs is 3.